The molecule has 1 aromatic heterocycles. The Balaban J connectivity index is 1.52. The van der Waals surface area contributed by atoms with Crippen LogP contribution >= 0.6 is 0 Å². The first kappa shape index (κ1) is 12.5. The van der Waals surface area contributed by atoms with Gasteiger partial charge in [0, 0.05) is 28.2 Å². The molecule has 7 rings (SSSR count). The number of rotatable bonds is 0. The summed E-state index contributed by atoms with van der Waals surface area (Å²) in [5.74, 6) is 4.36. The van der Waals surface area contributed by atoms with E-state index < -0.39 is 0 Å². The highest BCUT2D eigenvalue weighted by Gasteiger charge is 2.58. The molecule has 0 atom stereocenters. The van der Waals surface area contributed by atoms with Gasteiger partial charge in [0.05, 0.1) is 12.4 Å². The number of ether oxygens (including phenoxy) is 1. The normalized spacial score (nSPS) is 39.7. The molecule has 1 aromatic carbocycles. The van der Waals surface area contributed by atoms with Crippen molar-refractivity contribution in [2.45, 2.75) is 37.7 Å². The number of nitrogens with zero attached hydrogens (tertiary/aromatic N) is 2. The summed E-state index contributed by atoms with van der Waals surface area (Å²) in [5.41, 5.74) is 1.13. The van der Waals surface area contributed by atoms with Crippen LogP contribution in [0.2, 0.25) is 0 Å². The summed E-state index contributed by atoms with van der Waals surface area (Å²) in [4.78, 5) is 0. The van der Waals surface area contributed by atoms with Gasteiger partial charge in [-0.15, -0.1) is 0 Å². The smallest absolute Gasteiger partial charge is 0.137 e. The van der Waals surface area contributed by atoms with Gasteiger partial charge in [-0.05, 0) is 50.0 Å². The summed E-state index contributed by atoms with van der Waals surface area (Å²) in [6.45, 7) is 0. The van der Waals surface area contributed by atoms with E-state index in [1.165, 1.54) is 37.7 Å². The highest BCUT2D eigenvalue weighted by Crippen LogP contribution is 2.61. The van der Waals surface area contributed by atoms with E-state index >= 15 is 0 Å². The van der Waals surface area contributed by atoms with Crippen molar-refractivity contribution in [1.82, 2.24) is 10.2 Å². The second-order valence-electron chi connectivity index (χ2n) is 8.07. The van der Waals surface area contributed by atoms with Crippen LogP contribution in [0.15, 0.2) is 30.6 Å². The number of benzene rings is 1. The molecule has 3 heteroatoms. The Morgan fingerprint density at radius 1 is 0.913 bits per heavy atom. The van der Waals surface area contributed by atoms with E-state index in [2.05, 4.69) is 34.5 Å². The zero-order chi connectivity index (χ0) is 15.0. The maximum atomic E-state index is 6.86. The summed E-state index contributed by atoms with van der Waals surface area (Å²) >= 11 is 0. The fourth-order valence-corrected chi connectivity index (χ4v) is 6.10. The quantitative estimate of drug-likeness (QED) is 0.730. The minimum atomic E-state index is -0.0576. The Morgan fingerprint density at radius 3 is 2.43 bits per heavy atom. The first-order valence-electron chi connectivity index (χ1n) is 8.93. The Kier molecular flexibility index (Phi) is 2.25. The van der Waals surface area contributed by atoms with Gasteiger partial charge in [-0.3, -0.25) is 0 Å². The van der Waals surface area contributed by atoms with E-state index in [1.807, 2.05) is 12.4 Å². The summed E-state index contributed by atoms with van der Waals surface area (Å²) in [7, 11) is 0. The van der Waals surface area contributed by atoms with Gasteiger partial charge < -0.3 is 4.74 Å². The zero-order valence-corrected chi connectivity index (χ0v) is 13.1. The van der Waals surface area contributed by atoms with Crippen LogP contribution < -0.4 is 4.74 Å². The van der Waals surface area contributed by atoms with Crippen molar-refractivity contribution in [3.8, 4) is 5.75 Å². The number of hydrogen-bond donors (Lipinski definition) is 0. The van der Waals surface area contributed by atoms with Crippen molar-refractivity contribution in [3.05, 3.63) is 36.2 Å². The van der Waals surface area contributed by atoms with Gasteiger partial charge in [0.2, 0.25) is 0 Å². The highest BCUT2D eigenvalue weighted by atomic mass is 16.5. The standard InChI is InChI=1S/C20H20N2O/c1-2-15-10-21-22-11-18(15)19-14(1)3-4-20(23-19)16-6-12-5-13(8-16)9-17(20)7-12/h1-4,10-13,16-17H,5-9H2. The molecule has 1 spiro atoms. The third-order valence-corrected chi connectivity index (χ3v) is 6.93. The topological polar surface area (TPSA) is 35.0 Å². The van der Waals surface area contributed by atoms with Gasteiger partial charge in [0.15, 0.2) is 0 Å². The van der Waals surface area contributed by atoms with Gasteiger partial charge in [0.1, 0.15) is 11.4 Å². The van der Waals surface area contributed by atoms with Crippen molar-refractivity contribution in [2.75, 3.05) is 0 Å². The molecule has 116 valence electrons. The lowest BCUT2D eigenvalue weighted by atomic mass is 9.49. The molecule has 23 heavy (non-hydrogen) atoms. The van der Waals surface area contributed by atoms with Crippen molar-refractivity contribution in [1.29, 1.82) is 0 Å². The van der Waals surface area contributed by atoms with Crippen LogP contribution in [0.4, 0.5) is 0 Å². The van der Waals surface area contributed by atoms with Gasteiger partial charge in [-0.1, -0.05) is 18.2 Å². The van der Waals surface area contributed by atoms with Crippen molar-refractivity contribution < 1.29 is 4.74 Å². The minimum Gasteiger partial charge on any atom is -0.481 e. The number of fused-ring (bicyclic) bond motifs is 3. The summed E-state index contributed by atoms with van der Waals surface area (Å²) < 4.78 is 6.86. The van der Waals surface area contributed by atoms with Crippen LogP contribution in [0.25, 0.3) is 16.8 Å². The van der Waals surface area contributed by atoms with Crippen LogP contribution in [0.1, 0.15) is 37.7 Å². The number of hydrogen-bond acceptors (Lipinski definition) is 3. The molecule has 4 aliphatic carbocycles. The van der Waals surface area contributed by atoms with E-state index in [1.54, 1.807) is 0 Å². The summed E-state index contributed by atoms with van der Waals surface area (Å²) in [5, 5.41) is 10.3. The van der Waals surface area contributed by atoms with Crippen LogP contribution in [0, 0.1) is 23.7 Å². The minimum absolute atomic E-state index is 0.0576. The fraction of sp³-hybridized carbons (Fsp3) is 0.500. The van der Waals surface area contributed by atoms with Gasteiger partial charge in [0.25, 0.3) is 0 Å². The monoisotopic (exact) mass is 304 g/mol. The molecule has 4 saturated carbocycles. The molecule has 0 N–H and O–H groups in total. The number of aromatic nitrogens is 2. The van der Waals surface area contributed by atoms with Gasteiger partial charge in [-0.2, -0.15) is 10.2 Å². The molecule has 5 aliphatic rings. The van der Waals surface area contributed by atoms with Crippen LogP contribution in [0.3, 0.4) is 0 Å². The Labute approximate surface area is 135 Å². The molecule has 3 nitrogen and oxygen atoms in total. The van der Waals surface area contributed by atoms with E-state index in [0.717, 1.165) is 28.4 Å². The third kappa shape index (κ3) is 1.55. The first-order chi connectivity index (χ1) is 11.3. The molecule has 2 heterocycles. The zero-order valence-electron chi connectivity index (χ0n) is 13.1. The van der Waals surface area contributed by atoms with Gasteiger partial charge >= 0.3 is 0 Å². The lowest BCUT2D eigenvalue weighted by Gasteiger charge is -2.60. The van der Waals surface area contributed by atoms with E-state index in [4.69, 9.17) is 4.74 Å². The van der Waals surface area contributed by atoms with Crippen molar-refractivity contribution in [3.63, 3.8) is 0 Å². The van der Waals surface area contributed by atoms with Crippen LogP contribution in [0.5, 0.6) is 5.75 Å². The Bertz CT molecular complexity index is 813. The van der Waals surface area contributed by atoms with Crippen LogP contribution in [-0.4, -0.2) is 15.8 Å². The molecule has 1 aliphatic heterocycles. The highest BCUT2D eigenvalue weighted by molar-refractivity contribution is 5.91. The summed E-state index contributed by atoms with van der Waals surface area (Å²) in [6, 6.07) is 4.27. The molecular weight excluding hydrogens is 284 g/mol. The lowest BCUT2D eigenvalue weighted by Crippen LogP contribution is -2.60. The molecule has 0 unspecified atom stereocenters. The lowest BCUT2D eigenvalue weighted by molar-refractivity contribution is -0.127. The second-order valence-corrected chi connectivity index (χ2v) is 8.07. The fourth-order valence-electron chi connectivity index (χ4n) is 6.10. The largest absolute Gasteiger partial charge is 0.481 e. The average molecular weight is 304 g/mol. The second kappa shape index (κ2) is 4.14. The Morgan fingerprint density at radius 2 is 1.65 bits per heavy atom. The molecule has 2 aromatic rings. The van der Waals surface area contributed by atoms with Crippen LogP contribution in [-0.2, 0) is 0 Å². The third-order valence-electron chi connectivity index (χ3n) is 6.93. The molecule has 0 saturated heterocycles. The van der Waals surface area contributed by atoms with Crippen molar-refractivity contribution >= 4 is 16.8 Å². The SMILES string of the molecule is C1=CC2(Oc3c1ccc1cnncc31)C1CC3CC(C1)CC2C3. The van der Waals surface area contributed by atoms with E-state index in [0.29, 0.717) is 11.8 Å². The summed E-state index contributed by atoms with van der Waals surface area (Å²) in [6.07, 6.45) is 15.3. The molecular formula is C20H20N2O. The van der Waals surface area contributed by atoms with Gasteiger partial charge in [-0.25, -0.2) is 0 Å². The van der Waals surface area contributed by atoms with E-state index in [9.17, 15) is 0 Å². The maximum absolute atomic E-state index is 6.86. The predicted molar refractivity (Wildman–Crippen MR) is 89.0 cm³/mol. The maximum Gasteiger partial charge on any atom is 0.137 e. The van der Waals surface area contributed by atoms with E-state index in [-0.39, 0.29) is 5.60 Å². The predicted octanol–water partition coefficient (Wildman–Crippen LogP) is 4.23. The molecule has 4 bridgehead atoms. The Hall–Kier alpha value is -1.90. The molecule has 0 radical (unpaired) electrons. The first-order valence-corrected chi connectivity index (χ1v) is 8.93. The van der Waals surface area contributed by atoms with Crippen molar-refractivity contribution in [2.24, 2.45) is 23.7 Å². The molecule has 4 fully saturated rings. The molecule has 0 amide bonds. The average Bonchev–Trinajstić information content (AvgIpc) is 2.59.